The van der Waals surface area contributed by atoms with E-state index in [1.165, 1.54) is 40.9 Å². The highest BCUT2D eigenvalue weighted by Crippen LogP contribution is 2.18. The number of halogens is 2. The molecule has 0 unspecified atom stereocenters. The van der Waals surface area contributed by atoms with E-state index in [-0.39, 0.29) is 24.1 Å². The zero-order valence-electron chi connectivity index (χ0n) is 10.3. The summed E-state index contributed by atoms with van der Waals surface area (Å²) in [6.45, 7) is -2.89. The van der Waals surface area contributed by atoms with E-state index in [0.717, 1.165) is 0 Å². The number of hydrogen-bond donors (Lipinski definition) is 1. The lowest BCUT2D eigenvalue weighted by atomic mass is 10.3. The Hall–Kier alpha value is -1.83. The van der Waals surface area contributed by atoms with E-state index < -0.39 is 6.61 Å². The highest BCUT2D eigenvalue weighted by atomic mass is 32.2. The molecule has 0 atom stereocenters. The molecule has 0 aromatic heterocycles. The molecule has 0 spiro atoms. The number of amides is 2. The van der Waals surface area contributed by atoms with Crippen LogP contribution in [-0.2, 0) is 9.59 Å². The van der Waals surface area contributed by atoms with Crippen LogP contribution in [-0.4, -0.2) is 41.5 Å². The number of anilines is 1. The maximum Gasteiger partial charge on any atom is 0.387 e. The van der Waals surface area contributed by atoms with Gasteiger partial charge in [-0.3, -0.25) is 9.59 Å². The number of thioether (sulfide) groups is 1. The van der Waals surface area contributed by atoms with Gasteiger partial charge in [0.05, 0.1) is 11.6 Å². The zero-order valence-corrected chi connectivity index (χ0v) is 11.2. The highest BCUT2D eigenvalue weighted by Gasteiger charge is 2.22. The van der Waals surface area contributed by atoms with Gasteiger partial charge in [0.15, 0.2) is 0 Å². The van der Waals surface area contributed by atoms with E-state index in [2.05, 4.69) is 10.1 Å². The summed E-state index contributed by atoms with van der Waals surface area (Å²) in [6, 6.07) is 5.57. The number of nitrogens with zero attached hydrogens (tertiary/aromatic N) is 1. The van der Waals surface area contributed by atoms with Crippen molar-refractivity contribution < 1.29 is 23.1 Å². The molecule has 0 radical (unpaired) electrons. The number of nitrogens with one attached hydrogen (secondary N) is 1. The van der Waals surface area contributed by atoms with Crippen LogP contribution in [0.15, 0.2) is 24.3 Å². The summed E-state index contributed by atoms with van der Waals surface area (Å²) in [5.74, 6) is 0.527. The van der Waals surface area contributed by atoms with Crippen molar-refractivity contribution in [1.29, 1.82) is 0 Å². The smallest absolute Gasteiger partial charge is 0.387 e. The van der Waals surface area contributed by atoms with Crippen molar-refractivity contribution in [3.8, 4) is 5.75 Å². The fraction of sp³-hybridized carbons (Fsp3) is 0.333. The van der Waals surface area contributed by atoms with Crippen molar-refractivity contribution in [2.75, 3.05) is 23.5 Å². The summed E-state index contributed by atoms with van der Waals surface area (Å²) in [6.07, 6.45) is 0. The normalized spacial score (nSPS) is 14.8. The van der Waals surface area contributed by atoms with Gasteiger partial charge in [0, 0.05) is 5.69 Å². The van der Waals surface area contributed by atoms with Gasteiger partial charge >= 0.3 is 6.61 Å². The summed E-state index contributed by atoms with van der Waals surface area (Å²) < 4.78 is 28.1. The average Bonchev–Trinajstić information content (AvgIpc) is 2.77. The molecule has 1 aliphatic heterocycles. The third-order valence-corrected chi connectivity index (χ3v) is 3.47. The first-order valence-electron chi connectivity index (χ1n) is 5.75. The van der Waals surface area contributed by atoms with Crippen LogP contribution in [0.3, 0.4) is 0 Å². The maximum atomic E-state index is 12.0. The van der Waals surface area contributed by atoms with Gasteiger partial charge in [0.2, 0.25) is 11.8 Å². The first kappa shape index (κ1) is 14.6. The van der Waals surface area contributed by atoms with Gasteiger partial charge < -0.3 is 15.0 Å². The second-order valence-corrected chi connectivity index (χ2v) is 4.98. The van der Waals surface area contributed by atoms with Gasteiger partial charge in [-0.1, -0.05) is 0 Å². The minimum Gasteiger partial charge on any atom is -0.435 e. The van der Waals surface area contributed by atoms with E-state index in [1.54, 1.807) is 0 Å². The Kier molecular flexibility index (Phi) is 4.78. The highest BCUT2D eigenvalue weighted by molar-refractivity contribution is 8.00. The van der Waals surface area contributed by atoms with Gasteiger partial charge in [-0.2, -0.15) is 8.78 Å². The van der Waals surface area contributed by atoms with Gasteiger partial charge in [0.1, 0.15) is 12.3 Å². The predicted molar refractivity (Wildman–Crippen MR) is 70.7 cm³/mol. The lowest BCUT2D eigenvalue weighted by Gasteiger charge is -2.14. The van der Waals surface area contributed by atoms with Crippen LogP contribution in [0.4, 0.5) is 14.5 Å². The number of hydrogen-bond acceptors (Lipinski definition) is 4. The maximum absolute atomic E-state index is 12.0. The summed E-state index contributed by atoms with van der Waals surface area (Å²) >= 11 is 1.46. The van der Waals surface area contributed by atoms with Crippen molar-refractivity contribution in [2.45, 2.75) is 6.61 Å². The second kappa shape index (κ2) is 6.56. The quantitative estimate of drug-likeness (QED) is 0.900. The van der Waals surface area contributed by atoms with E-state index >= 15 is 0 Å². The summed E-state index contributed by atoms with van der Waals surface area (Å²) in [5.41, 5.74) is 0.455. The Morgan fingerprint density at radius 1 is 1.40 bits per heavy atom. The van der Waals surface area contributed by atoms with Crippen molar-refractivity contribution in [3.63, 3.8) is 0 Å². The van der Waals surface area contributed by atoms with Gasteiger partial charge in [0.25, 0.3) is 0 Å². The Morgan fingerprint density at radius 3 is 2.65 bits per heavy atom. The molecule has 0 saturated carbocycles. The van der Waals surface area contributed by atoms with E-state index in [9.17, 15) is 18.4 Å². The topological polar surface area (TPSA) is 58.6 Å². The lowest BCUT2D eigenvalue weighted by molar-refractivity contribution is -0.130. The number of carbonyl (C=O) groups is 2. The van der Waals surface area contributed by atoms with E-state index in [1.807, 2.05) is 0 Å². The Balaban J connectivity index is 1.86. The minimum absolute atomic E-state index is 0.0128. The zero-order chi connectivity index (χ0) is 14.5. The molecule has 2 rings (SSSR count). The molecule has 1 aliphatic rings. The molecule has 1 heterocycles. The van der Waals surface area contributed by atoms with Gasteiger partial charge in [-0.05, 0) is 24.3 Å². The molecule has 0 bridgehead atoms. The van der Waals surface area contributed by atoms with Gasteiger partial charge in [-0.25, -0.2) is 0 Å². The molecule has 8 heteroatoms. The van der Waals surface area contributed by atoms with Crippen molar-refractivity contribution >= 4 is 29.3 Å². The van der Waals surface area contributed by atoms with Crippen LogP contribution in [0.25, 0.3) is 0 Å². The first-order valence-corrected chi connectivity index (χ1v) is 6.90. The molecule has 5 nitrogen and oxygen atoms in total. The molecular formula is C12H12F2N2O3S. The van der Waals surface area contributed by atoms with E-state index in [0.29, 0.717) is 17.3 Å². The average molecular weight is 302 g/mol. The molecule has 1 N–H and O–H groups in total. The molecule has 20 heavy (non-hydrogen) atoms. The second-order valence-electron chi connectivity index (χ2n) is 4.02. The molecule has 0 aliphatic carbocycles. The first-order chi connectivity index (χ1) is 9.54. The molecule has 2 amide bonds. The largest absolute Gasteiger partial charge is 0.435 e. The minimum atomic E-state index is -2.88. The number of rotatable bonds is 5. The van der Waals surface area contributed by atoms with Crippen LogP contribution < -0.4 is 10.1 Å². The molecule has 1 aromatic carbocycles. The van der Waals surface area contributed by atoms with E-state index in [4.69, 9.17) is 0 Å². The third kappa shape index (κ3) is 4.09. The number of benzene rings is 1. The number of ether oxygens (including phenoxy) is 1. The molecular weight excluding hydrogens is 290 g/mol. The Bertz CT molecular complexity index is 496. The summed E-state index contributed by atoms with van der Waals surface area (Å²) in [4.78, 5) is 24.5. The van der Waals surface area contributed by atoms with Crippen molar-refractivity contribution in [2.24, 2.45) is 0 Å². The summed E-state index contributed by atoms with van der Waals surface area (Å²) in [7, 11) is 0. The van der Waals surface area contributed by atoms with Crippen LogP contribution in [0.5, 0.6) is 5.75 Å². The van der Waals surface area contributed by atoms with Crippen LogP contribution in [0.1, 0.15) is 0 Å². The van der Waals surface area contributed by atoms with Crippen molar-refractivity contribution in [1.82, 2.24) is 4.90 Å². The van der Waals surface area contributed by atoms with Gasteiger partial charge in [-0.15, -0.1) is 11.8 Å². The standard InChI is InChI=1S/C12H12F2N2O3S/c13-12(14)19-9-3-1-8(2-4-9)15-10(17)5-16-7-20-6-11(16)18/h1-4,12H,5-7H2,(H,15,17). The van der Waals surface area contributed by atoms with Crippen molar-refractivity contribution in [3.05, 3.63) is 24.3 Å². The van der Waals surface area contributed by atoms with Crippen LogP contribution in [0.2, 0.25) is 0 Å². The van der Waals surface area contributed by atoms with Crippen LogP contribution in [0, 0.1) is 0 Å². The molecule has 1 saturated heterocycles. The molecule has 108 valence electrons. The monoisotopic (exact) mass is 302 g/mol. The molecule has 1 fully saturated rings. The third-order valence-electron chi connectivity index (χ3n) is 2.52. The fourth-order valence-electron chi connectivity index (χ4n) is 1.63. The number of carbonyl (C=O) groups excluding carboxylic acids is 2. The lowest BCUT2D eigenvalue weighted by Crippen LogP contribution is -2.34. The number of alkyl halides is 2. The SMILES string of the molecule is O=C(CN1CSCC1=O)Nc1ccc(OC(F)F)cc1. The molecule has 1 aromatic rings. The Morgan fingerprint density at radius 2 is 2.10 bits per heavy atom. The fourth-order valence-corrected chi connectivity index (χ4v) is 2.54. The summed E-state index contributed by atoms with van der Waals surface area (Å²) in [5, 5.41) is 2.58. The Labute approximate surface area is 118 Å². The predicted octanol–water partition coefficient (Wildman–Crippen LogP) is 1.76. The van der Waals surface area contributed by atoms with Crippen LogP contribution >= 0.6 is 11.8 Å².